The number of thiophene rings is 2. The van der Waals surface area contributed by atoms with Crippen LogP contribution in [0, 0.1) is 0 Å². The first-order valence-corrected chi connectivity index (χ1v) is 30.6. The second kappa shape index (κ2) is 19.7. The van der Waals surface area contributed by atoms with Gasteiger partial charge in [0.1, 0.15) is 0 Å². The van der Waals surface area contributed by atoms with Gasteiger partial charge in [0.25, 0.3) is 6.71 Å². The molecule has 0 amide bonds. The zero-order valence-electron chi connectivity index (χ0n) is 45.4. The maximum absolute atomic E-state index is 7.79. The Morgan fingerprint density at radius 1 is 0.250 bits per heavy atom. The van der Waals surface area contributed by atoms with Crippen LogP contribution in [0.25, 0.3) is 107 Å². The molecule has 2 aliphatic rings. The molecule has 2 aromatic heterocycles. The molecule has 15 aromatic rings. The highest BCUT2D eigenvalue weighted by Gasteiger charge is 2.44. The fourth-order valence-electron chi connectivity index (χ4n) is 13.4. The Hall–Kier alpha value is -9.75. The molecule has 2 nitrogen and oxygen atoms in total. The van der Waals surface area contributed by atoms with Gasteiger partial charge in [-0.1, -0.05) is 206 Å². The van der Waals surface area contributed by atoms with Gasteiger partial charge in [0.05, 0.1) is 0 Å². The van der Waals surface area contributed by atoms with Crippen molar-refractivity contribution in [2.45, 2.75) is 0 Å². The number of halogens is 1. The third-order valence-electron chi connectivity index (χ3n) is 17.2. The standard InChI is InChI=1S/C78H48BClN2S2/c80-61-47-72-78-73(48-61)82(63-41-59(51-21-9-3-10-22-51)38-60(42-63)52-23-11-4-12-24-52)71-46-56(54-32-36-77-67(44-54)65-26-14-16-28-75(65)84-77)30-34-69(71)79(78)68-33-29-55(53-31-35-76-66(43-53)64-25-13-15-27-74(64)83-76)45-70(68)81(72)62-39-57(49-17-5-1-6-18-49)37-58(40-62)50-19-7-2-8-20-50/h1-48H. The van der Waals surface area contributed by atoms with E-state index in [1.165, 1.54) is 67.9 Å². The monoisotopic (exact) mass is 1120 g/mol. The first kappa shape index (κ1) is 48.9. The number of benzene rings is 13. The first-order valence-electron chi connectivity index (χ1n) is 28.6. The Labute approximate surface area is 501 Å². The van der Waals surface area contributed by atoms with Crippen molar-refractivity contribution in [3.8, 4) is 66.8 Å². The number of nitrogens with zero attached hydrogens (tertiary/aromatic N) is 2. The summed E-state index contributed by atoms with van der Waals surface area (Å²) in [7, 11) is 0. The van der Waals surface area contributed by atoms with Gasteiger partial charge in [-0.25, -0.2) is 0 Å². The molecule has 0 saturated carbocycles. The van der Waals surface area contributed by atoms with Crippen molar-refractivity contribution < 1.29 is 0 Å². The highest BCUT2D eigenvalue weighted by Crippen LogP contribution is 2.50. The van der Waals surface area contributed by atoms with Crippen molar-refractivity contribution in [3.05, 3.63) is 296 Å². The third-order valence-corrected chi connectivity index (χ3v) is 19.8. The van der Waals surface area contributed by atoms with Crippen LogP contribution in [0.15, 0.2) is 291 Å². The Morgan fingerprint density at radius 2 is 0.583 bits per heavy atom. The van der Waals surface area contributed by atoms with Crippen molar-refractivity contribution in [2.24, 2.45) is 0 Å². The van der Waals surface area contributed by atoms with E-state index in [0.29, 0.717) is 5.02 Å². The first-order chi connectivity index (χ1) is 41.5. The zero-order valence-corrected chi connectivity index (χ0v) is 47.8. The summed E-state index contributed by atoms with van der Waals surface area (Å²) < 4.78 is 5.18. The summed E-state index contributed by atoms with van der Waals surface area (Å²) >= 11 is 11.5. The van der Waals surface area contributed by atoms with E-state index in [9.17, 15) is 0 Å². The van der Waals surface area contributed by atoms with Gasteiger partial charge in [-0.05, 0) is 180 Å². The lowest BCUT2D eigenvalue weighted by molar-refractivity contribution is 1.25. The molecular weight excluding hydrogens is 1080 g/mol. The summed E-state index contributed by atoms with van der Waals surface area (Å²) in [6, 6.07) is 108. The van der Waals surface area contributed by atoms with E-state index in [-0.39, 0.29) is 6.71 Å². The van der Waals surface area contributed by atoms with Crippen LogP contribution in [-0.2, 0) is 0 Å². The van der Waals surface area contributed by atoms with Crippen LogP contribution >= 0.6 is 34.3 Å². The molecule has 0 spiro atoms. The Balaban J connectivity index is 0.950. The summed E-state index contributed by atoms with van der Waals surface area (Å²) in [6.07, 6.45) is 0. The average molecular weight is 1120 g/mol. The molecule has 0 atom stereocenters. The van der Waals surface area contributed by atoms with Crippen LogP contribution in [0.2, 0.25) is 5.02 Å². The second-order valence-corrected chi connectivity index (χ2v) is 24.7. The SMILES string of the molecule is Clc1cc2c3c(c1)N(c1cc(-c4ccccc4)cc(-c4ccccc4)c1)c1cc(-c4ccc5sc6ccccc6c5c4)ccc1B3c1ccc(-c3ccc4sc5ccccc5c4c3)cc1N2c1cc(-c2ccccc2)cc(-c2ccccc2)c1. The average Bonchev–Trinajstić information content (AvgIpc) is 1.44. The van der Waals surface area contributed by atoms with Crippen LogP contribution in [0.5, 0.6) is 0 Å². The van der Waals surface area contributed by atoms with Gasteiger partial charge >= 0.3 is 0 Å². The van der Waals surface area contributed by atoms with E-state index in [0.717, 1.165) is 89.8 Å². The molecular formula is C78H48BClN2S2. The highest BCUT2D eigenvalue weighted by molar-refractivity contribution is 7.26. The lowest BCUT2D eigenvalue weighted by Gasteiger charge is -2.44. The molecule has 0 aliphatic carbocycles. The number of fused-ring (bicyclic) bond motifs is 10. The molecule has 17 rings (SSSR count). The largest absolute Gasteiger partial charge is 0.311 e. The molecule has 0 unspecified atom stereocenters. The summed E-state index contributed by atoms with van der Waals surface area (Å²) in [4.78, 5) is 5.04. The topological polar surface area (TPSA) is 6.48 Å². The lowest BCUT2D eigenvalue weighted by Crippen LogP contribution is -2.61. The van der Waals surface area contributed by atoms with Gasteiger partial charge < -0.3 is 9.80 Å². The number of rotatable bonds is 8. The van der Waals surface area contributed by atoms with Gasteiger partial charge in [0.2, 0.25) is 0 Å². The molecule has 0 saturated heterocycles. The summed E-state index contributed by atoms with van der Waals surface area (Å²) in [5.74, 6) is 0. The number of hydrogen-bond acceptors (Lipinski definition) is 4. The Morgan fingerprint density at radius 3 is 0.976 bits per heavy atom. The molecule has 0 N–H and O–H groups in total. The molecule has 6 heteroatoms. The van der Waals surface area contributed by atoms with Crippen LogP contribution in [0.1, 0.15) is 0 Å². The lowest BCUT2D eigenvalue weighted by atomic mass is 9.33. The van der Waals surface area contributed by atoms with Gasteiger partial charge in [0.15, 0.2) is 0 Å². The van der Waals surface area contributed by atoms with Gasteiger partial charge in [-0.15, -0.1) is 22.7 Å². The number of anilines is 6. The minimum atomic E-state index is -0.156. The normalized spacial score (nSPS) is 12.5. The predicted octanol–water partition coefficient (Wildman–Crippen LogP) is 21.2. The fraction of sp³-hybridized carbons (Fsp3) is 0. The molecule has 0 radical (unpaired) electrons. The Bertz CT molecular complexity index is 4680. The quantitative estimate of drug-likeness (QED) is 0.140. The van der Waals surface area contributed by atoms with Crippen LogP contribution in [-0.4, -0.2) is 6.71 Å². The van der Waals surface area contributed by atoms with E-state index in [1.807, 2.05) is 22.7 Å². The van der Waals surface area contributed by atoms with Crippen LogP contribution in [0.4, 0.5) is 34.1 Å². The fourth-order valence-corrected chi connectivity index (χ4v) is 15.7. The Kier molecular flexibility index (Phi) is 11.5. The smallest absolute Gasteiger partial charge is 0.252 e. The molecule has 84 heavy (non-hydrogen) atoms. The molecule has 0 bridgehead atoms. The third kappa shape index (κ3) is 8.14. The predicted molar refractivity (Wildman–Crippen MR) is 364 cm³/mol. The van der Waals surface area contributed by atoms with Gasteiger partial charge in [-0.2, -0.15) is 0 Å². The zero-order chi connectivity index (χ0) is 55.4. The van der Waals surface area contributed by atoms with E-state index in [2.05, 4.69) is 301 Å². The minimum Gasteiger partial charge on any atom is -0.311 e. The highest BCUT2D eigenvalue weighted by atomic mass is 35.5. The maximum atomic E-state index is 7.79. The van der Waals surface area contributed by atoms with Crippen molar-refractivity contribution in [2.75, 3.05) is 9.80 Å². The minimum absolute atomic E-state index is 0.156. The van der Waals surface area contributed by atoms with Crippen molar-refractivity contribution >= 4 is 132 Å². The molecule has 0 fully saturated rings. The van der Waals surface area contributed by atoms with Crippen molar-refractivity contribution in [3.63, 3.8) is 0 Å². The molecule has 13 aromatic carbocycles. The van der Waals surface area contributed by atoms with E-state index in [4.69, 9.17) is 11.6 Å². The molecule has 2 aliphatic heterocycles. The van der Waals surface area contributed by atoms with Gasteiger partial charge in [-0.3, -0.25) is 0 Å². The summed E-state index contributed by atoms with van der Waals surface area (Å²) in [5.41, 5.74) is 23.9. The van der Waals surface area contributed by atoms with E-state index < -0.39 is 0 Å². The van der Waals surface area contributed by atoms with Crippen LogP contribution in [0.3, 0.4) is 0 Å². The molecule has 392 valence electrons. The van der Waals surface area contributed by atoms with Crippen molar-refractivity contribution in [1.82, 2.24) is 0 Å². The van der Waals surface area contributed by atoms with Gasteiger partial charge in [0, 0.05) is 79.5 Å². The number of hydrogen-bond donors (Lipinski definition) is 0. The second-order valence-electron chi connectivity index (χ2n) is 22.1. The van der Waals surface area contributed by atoms with Crippen molar-refractivity contribution in [1.29, 1.82) is 0 Å². The van der Waals surface area contributed by atoms with E-state index >= 15 is 0 Å². The van der Waals surface area contributed by atoms with Crippen LogP contribution < -0.4 is 26.2 Å². The summed E-state index contributed by atoms with van der Waals surface area (Å²) in [6.45, 7) is -0.156. The molecule has 4 heterocycles. The van der Waals surface area contributed by atoms with E-state index in [1.54, 1.807) is 0 Å². The summed E-state index contributed by atoms with van der Waals surface area (Å²) in [5, 5.41) is 5.80. The maximum Gasteiger partial charge on any atom is 0.252 e.